The number of amides is 1. The Labute approximate surface area is 166 Å². The summed E-state index contributed by atoms with van der Waals surface area (Å²) in [5.41, 5.74) is 2.45. The zero-order valence-corrected chi connectivity index (χ0v) is 17.1. The molecule has 1 aromatic carbocycles. The second-order valence-electron chi connectivity index (χ2n) is 8.06. The molecule has 1 amide bonds. The van der Waals surface area contributed by atoms with Crippen LogP contribution in [-0.2, 0) is 12.0 Å². The van der Waals surface area contributed by atoms with Gasteiger partial charge in [0, 0.05) is 31.8 Å². The van der Waals surface area contributed by atoms with Crippen molar-refractivity contribution in [3.05, 3.63) is 71.5 Å². The monoisotopic (exact) mass is 377 g/mol. The minimum absolute atomic E-state index is 0.115. The molecule has 0 saturated carbocycles. The van der Waals surface area contributed by atoms with E-state index in [0.29, 0.717) is 17.9 Å². The van der Waals surface area contributed by atoms with E-state index in [1.54, 1.807) is 12.3 Å². The van der Waals surface area contributed by atoms with Crippen molar-refractivity contribution in [3.63, 3.8) is 0 Å². The summed E-state index contributed by atoms with van der Waals surface area (Å²) in [6.45, 7) is 6.91. The number of nitrogens with zero attached hydrogens (tertiary/aromatic N) is 4. The minimum Gasteiger partial charge on any atom is -0.363 e. The van der Waals surface area contributed by atoms with Gasteiger partial charge in [-0.25, -0.2) is 9.67 Å². The Balaban J connectivity index is 1.87. The number of hydrogen-bond acceptors (Lipinski definition) is 4. The summed E-state index contributed by atoms with van der Waals surface area (Å²) in [7, 11) is 3.83. The van der Waals surface area contributed by atoms with Crippen LogP contribution >= 0.6 is 0 Å². The van der Waals surface area contributed by atoms with E-state index in [0.717, 1.165) is 17.1 Å². The van der Waals surface area contributed by atoms with Crippen molar-refractivity contribution in [1.29, 1.82) is 0 Å². The van der Waals surface area contributed by atoms with Gasteiger partial charge in [0.15, 0.2) is 0 Å². The average Bonchev–Trinajstić information content (AvgIpc) is 3.05. The van der Waals surface area contributed by atoms with E-state index < -0.39 is 0 Å². The highest BCUT2D eigenvalue weighted by atomic mass is 16.1. The standard InChI is InChI=1S/C22H27N5O/c1-22(2,3)18-13-20(27(25-18)15-16-9-7-6-8-10-16)24-21(28)17-11-12-19(23-14-17)26(4)5/h6-14H,15H2,1-5H3,(H,24,28). The molecule has 2 heterocycles. The Morgan fingerprint density at radius 2 is 1.82 bits per heavy atom. The van der Waals surface area contributed by atoms with Crippen molar-refractivity contribution in [3.8, 4) is 0 Å². The molecule has 6 heteroatoms. The molecule has 3 aromatic rings. The van der Waals surface area contributed by atoms with Crippen molar-refractivity contribution < 1.29 is 4.79 Å². The Morgan fingerprint density at radius 1 is 1.11 bits per heavy atom. The molecule has 3 rings (SSSR count). The Bertz CT molecular complexity index is 937. The van der Waals surface area contributed by atoms with Crippen molar-refractivity contribution in [2.24, 2.45) is 0 Å². The fraction of sp³-hybridized carbons (Fsp3) is 0.318. The number of carbonyl (C=O) groups excluding carboxylic acids is 1. The number of rotatable bonds is 5. The molecular weight excluding hydrogens is 350 g/mol. The Hall–Kier alpha value is -3.15. The molecule has 0 atom stereocenters. The summed E-state index contributed by atoms with van der Waals surface area (Å²) in [6, 6.07) is 15.6. The zero-order valence-electron chi connectivity index (χ0n) is 17.1. The SMILES string of the molecule is CN(C)c1ccc(C(=O)Nc2cc(C(C)(C)C)nn2Cc2ccccc2)cn1. The molecule has 2 aromatic heterocycles. The first-order valence-electron chi connectivity index (χ1n) is 9.31. The highest BCUT2D eigenvalue weighted by Crippen LogP contribution is 2.25. The molecule has 146 valence electrons. The van der Waals surface area contributed by atoms with Crippen molar-refractivity contribution in [1.82, 2.24) is 14.8 Å². The van der Waals surface area contributed by atoms with E-state index in [9.17, 15) is 4.79 Å². The molecular formula is C22H27N5O. The summed E-state index contributed by atoms with van der Waals surface area (Å²) in [4.78, 5) is 19.0. The van der Waals surface area contributed by atoms with Crippen LogP contribution < -0.4 is 10.2 Å². The molecule has 6 nitrogen and oxygen atoms in total. The summed E-state index contributed by atoms with van der Waals surface area (Å²) in [5.74, 6) is 1.28. The molecule has 0 aliphatic rings. The van der Waals surface area contributed by atoms with Crippen LogP contribution in [0, 0.1) is 0 Å². The maximum absolute atomic E-state index is 12.8. The summed E-state index contributed by atoms with van der Waals surface area (Å²) in [6.07, 6.45) is 1.59. The van der Waals surface area contributed by atoms with Crippen LogP contribution in [0.2, 0.25) is 0 Å². The van der Waals surface area contributed by atoms with Crippen LogP contribution in [0.25, 0.3) is 0 Å². The topological polar surface area (TPSA) is 63.1 Å². The van der Waals surface area contributed by atoms with Gasteiger partial charge in [0.1, 0.15) is 11.6 Å². The fourth-order valence-electron chi connectivity index (χ4n) is 2.73. The lowest BCUT2D eigenvalue weighted by atomic mass is 9.92. The van der Waals surface area contributed by atoms with E-state index in [4.69, 9.17) is 5.10 Å². The third kappa shape index (κ3) is 4.57. The van der Waals surface area contributed by atoms with Crippen LogP contribution in [0.4, 0.5) is 11.6 Å². The first-order valence-corrected chi connectivity index (χ1v) is 9.31. The molecule has 28 heavy (non-hydrogen) atoms. The maximum Gasteiger partial charge on any atom is 0.258 e. The quantitative estimate of drug-likeness (QED) is 0.731. The number of pyridine rings is 1. The molecule has 0 radical (unpaired) electrons. The van der Waals surface area contributed by atoms with Crippen molar-refractivity contribution in [2.45, 2.75) is 32.7 Å². The summed E-state index contributed by atoms with van der Waals surface area (Å²) < 4.78 is 1.84. The number of benzene rings is 1. The van der Waals surface area contributed by atoms with Crippen LogP contribution in [0.5, 0.6) is 0 Å². The average molecular weight is 377 g/mol. The van der Waals surface area contributed by atoms with Gasteiger partial charge in [-0.15, -0.1) is 0 Å². The Kier molecular flexibility index (Phi) is 5.49. The largest absolute Gasteiger partial charge is 0.363 e. The fourth-order valence-corrected chi connectivity index (χ4v) is 2.73. The van der Waals surface area contributed by atoms with Gasteiger partial charge in [-0.1, -0.05) is 51.1 Å². The van der Waals surface area contributed by atoms with Gasteiger partial charge in [-0.3, -0.25) is 4.79 Å². The van der Waals surface area contributed by atoms with E-state index in [1.807, 2.05) is 66.1 Å². The second kappa shape index (κ2) is 7.84. The molecule has 0 bridgehead atoms. The molecule has 1 N–H and O–H groups in total. The number of anilines is 2. The maximum atomic E-state index is 12.8. The molecule has 0 unspecified atom stereocenters. The number of aromatic nitrogens is 3. The third-order valence-electron chi connectivity index (χ3n) is 4.43. The van der Waals surface area contributed by atoms with Gasteiger partial charge in [-0.2, -0.15) is 5.10 Å². The highest BCUT2D eigenvalue weighted by Gasteiger charge is 2.21. The van der Waals surface area contributed by atoms with Gasteiger partial charge < -0.3 is 10.2 Å². The molecule has 0 saturated heterocycles. The van der Waals surface area contributed by atoms with Gasteiger partial charge >= 0.3 is 0 Å². The van der Waals surface area contributed by atoms with E-state index in [2.05, 4.69) is 31.1 Å². The molecule has 0 spiro atoms. The van der Waals surface area contributed by atoms with Crippen molar-refractivity contribution >= 4 is 17.5 Å². The van der Waals surface area contributed by atoms with Crippen LogP contribution in [-0.4, -0.2) is 34.8 Å². The van der Waals surface area contributed by atoms with Crippen molar-refractivity contribution in [2.75, 3.05) is 24.3 Å². The zero-order chi connectivity index (χ0) is 20.3. The summed E-state index contributed by atoms with van der Waals surface area (Å²) in [5, 5.41) is 7.74. The number of hydrogen-bond donors (Lipinski definition) is 1. The number of nitrogens with one attached hydrogen (secondary N) is 1. The normalized spacial score (nSPS) is 11.3. The first kappa shape index (κ1) is 19.6. The van der Waals surface area contributed by atoms with E-state index in [1.165, 1.54) is 0 Å². The van der Waals surface area contributed by atoms with Crippen LogP contribution in [0.15, 0.2) is 54.7 Å². The van der Waals surface area contributed by atoms with Crippen LogP contribution in [0.1, 0.15) is 42.4 Å². The number of carbonyl (C=O) groups is 1. The van der Waals surface area contributed by atoms with Gasteiger partial charge in [0.2, 0.25) is 0 Å². The molecule has 0 aliphatic carbocycles. The van der Waals surface area contributed by atoms with Gasteiger partial charge in [0.05, 0.1) is 17.8 Å². The predicted octanol–water partition coefficient (Wildman–Crippen LogP) is 3.94. The van der Waals surface area contributed by atoms with E-state index in [-0.39, 0.29) is 11.3 Å². The summed E-state index contributed by atoms with van der Waals surface area (Å²) >= 11 is 0. The second-order valence-corrected chi connectivity index (χ2v) is 8.06. The van der Waals surface area contributed by atoms with E-state index >= 15 is 0 Å². The lowest BCUT2D eigenvalue weighted by Gasteiger charge is -2.14. The first-order chi connectivity index (χ1) is 13.2. The Morgan fingerprint density at radius 3 is 2.39 bits per heavy atom. The lowest BCUT2D eigenvalue weighted by Crippen LogP contribution is -2.17. The molecule has 0 aliphatic heterocycles. The lowest BCUT2D eigenvalue weighted by molar-refractivity contribution is 0.102. The van der Waals surface area contributed by atoms with Crippen LogP contribution in [0.3, 0.4) is 0 Å². The third-order valence-corrected chi connectivity index (χ3v) is 4.43. The van der Waals surface area contributed by atoms with Gasteiger partial charge in [0.25, 0.3) is 5.91 Å². The predicted molar refractivity (Wildman–Crippen MR) is 113 cm³/mol. The smallest absolute Gasteiger partial charge is 0.258 e. The van der Waals surface area contributed by atoms with Gasteiger partial charge in [-0.05, 0) is 17.7 Å². The minimum atomic E-state index is -0.201. The highest BCUT2D eigenvalue weighted by molar-refractivity contribution is 6.03. The molecule has 0 fully saturated rings.